The highest BCUT2D eigenvalue weighted by Crippen LogP contribution is 2.38. The number of benzene rings is 2. The molecule has 0 aliphatic carbocycles. The molecule has 1 aliphatic heterocycles. The molecule has 1 saturated heterocycles. The van der Waals surface area contributed by atoms with Gasteiger partial charge in [0, 0.05) is 30.9 Å². The van der Waals surface area contributed by atoms with Gasteiger partial charge in [0.15, 0.2) is 5.58 Å². The molecule has 1 aliphatic rings. The fourth-order valence-electron chi connectivity index (χ4n) is 4.33. The fraction of sp³-hybridized carbons (Fsp3) is 0.192. The zero-order valence-corrected chi connectivity index (χ0v) is 18.3. The molecular weight excluding hydrogens is 437 g/mol. The third-order valence-electron chi connectivity index (χ3n) is 6.03. The van der Waals surface area contributed by atoms with E-state index in [9.17, 15) is 19.6 Å². The van der Waals surface area contributed by atoms with Crippen LogP contribution in [0.25, 0.3) is 33.6 Å². The van der Waals surface area contributed by atoms with Crippen LogP contribution in [0.5, 0.6) is 5.75 Å². The number of nitrogens with zero attached hydrogens (tertiary/aromatic N) is 3. The number of aromatic nitrogens is 1. The monoisotopic (exact) mass is 457 g/mol. The third kappa shape index (κ3) is 3.71. The first-order chi connectivity index (χ1) is 16.5. The van der Waals surface area contributed by atoms with E-state index in [-0.39, 0.29) is 12.1 Å². The van der Waals surface area contributed by atoms with Crippen LogP contribution in [0.1, 0.15) is 22.3 Å². The van der Waals surface area contributed by atoms with Gasteiger partial charge >= 0.3 is 5.97 Å². The van der Waals surface area contributed by atoms with Crippen LogP contribution in [0.4, 0.5) is 10.1 Å². The Morgan fingerprint density at radius 1 is 1.24 bits per heavy atom. The van der Waals surface area contributed by atoms with E-state index in [4.69, 9.17) is 9.15 Å². The summed E-state index contributed by atoms with van der Waals surface area (Å²) < 4.78 is 25.2. The molecule has 2 aromatic heterocycles. The number of aromatic carboxylic acids is 1. The van der Waals surface area contributed by atoms with Crippen molar-refractivity contribution in [3.8, 4) is 34.3 Å². The third-order valence-corrected chi connectivity index (χ3v) is 6.03. The lowest BCUT2D eigenvalue weighted by Crippen LogP contribution is -2.20. The van der Waals surface area contributed by atoms with Crippen molar-refractivity contribution in [3.05, 3.63) is 65.9 Å². The maximum Gasteiger partial charge on any atom is 0.335 e. The van der Waals surface area contributed by atoms with Gasteiger partial charge < -0.3 is 19.2 Å². The average molecular weight is 457 g/mol. The van der Waals surface area contributed by atoms with Crippen molar-refractivity contribution >= 4 is 22.8 Å². The van der Waals surface area contributed by atoms with Gasteiger partial charge in [-0.25, -0.2) is 9.18 Å². The molecule has 0 spiro atoms. The molecule has 0 amide bonds. The maximum atomic E-state index is 13.7. The Morgan fingerprint density at radius 3 is 2.79 bits per heavy atom. The Bertz CT molecular complexity index is 1460. The van der Waals surface area contributed by atoms with Crippen molar-refractivity contribution in [3.63, 3.8) is 0 Å². The summed E-state index contributed by atoms with van der Waals surface area (Å²) in [6.45, 7) is 0.871. The molecule has 3 heterocycles. The van der Waals surface area contributed by atoms with Gasteiger partial charge in [-0.05, 0) is 48.4 Å². The normalized spacial score (nSPS) is 15.4. The van der Waals surface area contributed by atoms with Crippen LogP contribution >= 0.6 is 0 Å². The van der Waals surface area contributed by atoms with Gasteiger partial charge in [-0.2, -0.15) is 5.26 Å². The molecule has 7 nitrogen and oxygen atoms in total. The minimum atomic E-state index is -1.05. The Morgan fingerprint density at radius 2 is 2.09 bits per heavy atom. The molecule has 0 saturated carbocycles. The number of nitriles is 1. The zero-order valence-electron chi connectivity index (χ0n) is 18.3. The standard InChI is InChI=1S/C26H20FN3O4/c1-33-23-11-16(26(31)32)2-4-20(23)24-12-21-25(34-24)19(6-8-29-21)15-3-5-22(17(10-15)13-28)30-9-7-18(27)14-30/h2-6,8,10-12,18H,7,9,14H2,1H3,(H,31,32)/t18-/m1/s1. The first-order valence-corrected chi connectivity index (χ1v) is 10.7. The predicted molar refractivity (Wildman–Crippen MR) is 125 cm³/mol. The summed E-state index contributed by atoms with van der Waals surface area (Å²) >= 11 is 0. The summed E-state index contributed by atoms with van der Waals surface area (Å²) in [4.78, 5) is 17.6. The molecule has 0 radical (unpaired) electrons. The lowest BCUT2D eigenvalue weighted by Gasteiger charge is -2.19. The number of fused-ring (bicyclic) bond motifs is 1. The quantitative estimate of drug-likeness (QED) is 0.435. The number of carbonyl (C=O) groups is 1. The van der Waals surface area contributed by atoms with Crippen molar-refractivity contribution in [1.29, 1.82) is 5.26 Å². The Balaban J connectivity index is 1.58. The van der Waals surface area contributed by atoms with Gasteiger partial charge in [-0.3, -0.25) is 4.98 Å². The summed E-state index contributed by atoms with van der Waals surface area (Å²) in [6.07, 6.45) is 1.24. The SMILES string of the molecule is COc1cc(C(=O)O)ccc1-c1cc2nccc(-c3ccc(N4CC[C@@H](F)C4)c(C#N)c3)c2o1. The maximum absolute atomic E-state index is 13.7. The molecule has 8 heteroatoms. The molecule has 5 rings (SSSR count). The molecular formula is C26H20FN3O4. The van der Waals surface area contributed by atoms with Crippen molar-refractivity contribution in [2.75, 3.05) is 25.1 Å². The van der Waals surface area contributed by atoms with E-state index >= 15 is 0 Å². The van der Waals surface area contributed by atoms with E-state index in [1.165, 1.54) is 19.2 Å². The van der Waals surface area contributed by atoms with Crippen molar-refractivity contribution in [2.24, 2.45) is 0 Å². The number of carboxylic acid groups (broad SMARTS) is 1. The Kier molecular flexibility index (Phi) is 5.38. The topological polar surface area (TPSA) is 99.6 Å². The van der Waals surface area contributed by atoms with E-state index in [0.717, 1.165) is 16.8 Å². The van der Waals surface area contributed by atoms with Crippen molar-refractivity contribution < 1.29 is 23.4 Å². The Labute approximate surface area is 194 Å². The molecule has 2 aromatic carbocycles. The molecule has 4 aromatic rings. The first-order valence-electron chi connectivity index (χ1n) is 10.7. The smallest absolute Gasteiger partial charge is 0.335 e. The number of halogens is 1. The van der Waals surface area contributed by atoms with Crippen LogP contribution in [0, 0.1) is 11.3 Å². The van der Waals surface area contributed by atoms with Gasteiger partial charge in [0.1, 0.15) is 29.3 Å². The van der Waals surface area contributed by atoms with E-state index in [1.54, 1.807) is 24.4 Å². The van der Waals surface area contributed by atoms with Crippen LogP contribution in [0.3, 0.4) is 0 Å². The highest BCUT2D eigenvalue weighted by Gasteiger charge is 2.24. The average Bonchev–Trinajstić information content (AvgIpc) is 3.49. The number of carboxylic acids is 1. The van der Waals surface area contributed by atoms with Gasteiger partial charge in [0.2, 0.25) is 0 Å². The second-order valence-electron chi connectivity index (χ2n) is 8.08. The minimum Gasteiger partial charge on any atom is -0.496 e. The van der Waals surface area contributed by atoms with Crippen LogP contribution < -0.4 is 9.64 Å². The summed E-state index contributed by atoms with van der Waals surface area (Å²) in [5, 5.41) is 19.0. The molecule has 1 fully saturated rings. The first kappa shape index (κ1) is 21.5. The lowest BCUT2D eigenvalue weighted by molar-refractivity contribution is 0.0696. The van der Waals surface area contributed by atoms with E-state index in [1.807, 2.05) is 23.1 Å². The fourth-order valence-corrected chi connectivity index (χ4v) is 4.33. The van der Waals surface area contributed by atoms with Gasteiger partial charge in [-0.1, -0.05) is 6.07 Å². The number of ether oxygens (including phenoxy) is 1. The predicted octanol–water partition coefficient (Wildman–Crippen LogP) is 5.29. The largest absolute Gasteiger partial charge is 0.496 e. The second kappa shape index (κ2) is 8.52. The number of pyridine rings is 1. The summed E-state index contributed by atoms with van der Waals surface area (Å²) in [5.41, 5.74) is 4.57. The molecule has 0 unspecified atom stereocenters. The van der Waals surface area contributed by atoms with E-state index in [2.05, 4.69) is 11.1 Å². The highest BCUT2D eigenvalue weighted by atomic mass is 19.1. The number of methoxy groups -OCH3 is 1. The number of rotatable bonds is 5. The van der Waals surface area contributed by atoms with Crippen LogP contribution in [0.15, 0.2) is 59.1 Å². The summed E-state index contributed by atoms with van der Waals surface area (Å²) in [7, 11) is 1.47. The number of hydrogen-bond donors (Lipinski definition) is 1. The van der Waals surface area contributed by atoms with Gasteiger partial charge in [0.25, 0.3) is 0 Å². The summed E-state index contributed by atoms with van der Waals surface area (Å²) in [6, 6.07) is 15.9. The second-order valence-corrected chi connectivity index (χ2v) is 8.08. The Hall–Kier alpha value is -4.38. The zero-order chi connectivity index (χ0) is 23.8. The van der Waals surface area contributed by atoms with E-state index < -0.39 is 12.1 Å². The number of alkyl halides is 1. The van der Waals surface area contributed by atoms with Crippen LogP contribution in [-0.2, 0) is 0 Å². The van der Waals surface area contributed by atoms with Gasteiger partial charge in [-0.15, -0.1) is 0 Å². The number of furan rings is 1. The lowest BCUT2D eigenvalue weighted by atomic mass is 10.0. The summed E-state index contributed by atoms with van der Waals surface area (Å²) in [5.74, 6) is -0.202. The molecule has 170 valence electrons. The molecule has 0 bridgehead atoms. The number of hydrogen-bond acceptors (Lipinski definition) is 6. The van der Waals surface area contributed by atoms with E-state index in [0.29, 0.717) is 46.7 Å². The minimum absolute atomic E-state index is 0.108. The molecule has 1 N–H and O–H groups in total. The van der Waals surface area contributed by atoms with Crippen molar-refractivity contribution in [1.82, 2.24) is 4.98 Å². The van der Waals surface area contributed by atoms with Gasteiger partial charge in [0.05, 0.1) is 29.5 Å². The molecule has 34 heavy (non-hydrogen) atoms. The van der Waals surface area contributed by atoms with Crippen molar-refractivity contribution in [2.45, 2.75) is 12.6 Å². The highest BCUT2D eigenvalue weighted by molar-refractivity contribution is 5.94. The van der Waals surface area contributed by atoms with Crippen LogP contribution in [-0.4, -0.2) is 42.4 Å². The number of anilines is 1. The molecule has 1 atom stereocenters. The van der Waals surface area contributed by atoms with Crippen LogP contribution in [0.2, 0.25) is 0 Å².